The van der Waals surface area contributed by atoms with Gasteiger partial charge in [0.15, 0.2) is 11.4 Å². The van der Waals surface area contributed by atoms with Crippen LogP contribution in [0, 0.1) is 11.8 Å². The summed E-state index contributed by atoms with van der Waals surface area (Å²) in [5.74, 6) is -7.37. The van der Waals surface area contributed by atoms with Crippen LogP contribution >= 0.6 is 0 Å². The highest BCUT2D eigenvalue weighted by molar-refractivity contribution is 6.24. The highest BCUT2D eigenvalue weighted by Crippen LogP contribution is 2.55. The lowest BCUT2D eigenvalue weighted by Crippen LogP contribution is -2.65. The average molecular weight is 662 g/mol. The molecule has 2 amide bonds. The first-order valence-corrected chi connectivity index (χ1v) is 15.8. The van der Waals surface area contributed by atoms with Gasteiger partial charge in [0, 0.05) is 48.9 Å². The Hall–Kier alpha value is -4.72. The van der Waals surface area contributed by atoms with E-state index in [1.165, 1.54) is 4.90 Å². The second-order valence-corrected chi connectivity index (χ2v) is 13.5. The quantitative estimate of drug-likeness (QED) is 0.168. The third-order valence-corrected chi connectivity index (χ3v) is 9.68. The molecule has 2 aromatic carbocycles. The Morgan fingerprint density at radius 1 is 1.04 bits per heavy atom. The fourth-order valence-corrected chi connectivity index (χ4v) is 7.44. The topological polar surface area (TPSA) is 197 Å². The molecule has 5 rings (SSSR count). The van der Waals surface area contributed by atoms with Gasteiger partial charge in [0.25, 0.3) is 11.8 Å². The summed E-state index contributed by atoms with van der Waals surface area (Å²) in [4.78, 5) is 58.1. The van der Waals surface area contributed by atoms with Crippen LogP contribution in [0.25, 0.3) is 16.9 Å². The van der Waals surface area contributed by atoms with Crippen molar-refractivity contribution in [3.05, 3.63) is 63.9 Å². The van der Waals surface area contributed by atoms with Crippen molar-refractivity contribution < 1.29 is 39.6 Å². The van der Waals surface area contributed by atoms with E-state index in [1.54, 1.807) is 58.5 Å². The Balaban J connectivity index is 1.63. The van der Waals surface area contributed by atoms with Gasteiger partial charge in [-0.3, -0.25) is 24.1 Å². The smallest absolute Gasteiger partial charge is 0.255 e. The molecule has 0 spiro atoms. The van der Waals surface area contributed by atoms with E-state index in [4.69, 9.17) is 5.73 Å². The van der Waals surface area contributed by atoms with Crippen LogP contribution < -0.4 is 16.0 Å². The molecule has 0 aliphatic heterocycles. The number of rotatable bonds is 9. The summed E-state index contributed by atoms with van der Waals surface area (Å²) in [5, 5.41) is 49.5. The highest BCUT2D eigenvalue weighted by Gasteiger charge is 2.64. The van der Waals surface area contributed by atoms with E-state index in [0.717, 1.165) is 13.0 Å². The van der Waals surface area contributed by atoms with Gasteiger partial charge in [0.05, 0.1) is 11.6 Å². The van der Waals surface area contributed by atoms with Gasteiger partial charge >= 0.3 is 0 Å². The fourth-order valence-electron chi connectivity index (χ4n) is 7.44. The van der Waals surface area contributed by atoms with Crippen molar-refractivity contribution in [2.24, 2.45) is 17.6 Å². The first kappa shape index (κ1) is 34.6. The van der Waals surface area contributed by atoms with Crippen molar-refractivity contribution in [2.75, 3.05) is 60.3 Å². The average Bonchev–Trinajstić information content (AvgIpc) is 3.00. The molecule has 3 aliphatic rings. The van der Waals surface area contributed by atoms with E-state index in [-0.39, 0.29) is 35.6 Å². The number of nitrogens with one attached hydrogen (secondary N) is 1. The standard InChI is InChI=1S/C35H43N5O8/c1-38(2)12-8-11-37-34(47)18-10-7-9-17(13-18)20-16-23(39(3)4)21-14-19-15-22-27(40(5)6)30(43)26(33(36)46)32(45)35(22,48)31(44)24(19)29(42)25(21)28(20)41/h7,9-10,13,16,19,22,27,41-42,45,48H,8,11-12,14-15H2,1-6H3,(H2,36,46)(H,37,47)/t19?,22?,27-,35-/m0/s1. The monoisotopic (exact) mass is 661 g/mol. The number of fused-ring (bicyclic) bond motifs is 3. The Morgan fingerprint density at radius 2 is 1.73 bits per heavy atom. The number of phenols is 1. The molecular formula is C35H43N5O8. The number of phenolic OH excluding ortho intramolecular Hbond substituents is 1. The molecule has 2 unspecified atom stereocenters. The van der Waals surface area contributed by atoms with Crippen molar-refractivity contribution in [1.29, 1.82) is 0 Å². The van der Waals surface area contributed by atoms with Crippen molar-refractivity contribution in [1.82, 2.24) is 15.1 Å². The number of likely N-dealkylation sites (N-methyl/N-ethyl adjacent to an activating group) is 1. The number of nitrogens with two attached hydrogens (primary N) is 1. The maximum Gasteiger partial charge on any atom is 0.255 e. The number of benzene rings is 2. The molecule has 2 aromatic rings. The summed E-state index contributed by atoms with van der Waals surface area (Å²) in [6.07, 6.45) is 0.918. The lowest BCUT2D eigenvalue weighted by atomic mass is 9.57. The van der Waals surface area contributed by atoms with Crippen LogP contribution in [0.3, 0.4) is 0 Å². The number of anilines is 1. The van der Waals surface area contributed by atoms with E-state index >= 15 is 0 Å². The number of carbonyl (C=O) groups excluding carboxylic acids is 4. The van der Waals surface area contributed by atoms with Gasteiger partial charge in [0.1, 0.15) is 22.8 Å². The molecule has 0 bridgehead atoms. The second kappa shape index (κ2) is 12.7. The molecule has 3 aliphatic carbocycles. The van der Waals surface area contributed by atoms with Crippen LogP contribution in [0.4, 0.5) is 5.69 Å². The van der Waals surface area contributed by atoms with Crippen LogP contribution in [0.15, 0.2) is 47.2 Å². The van der Waals surface area contributed by atoms with Gasteiger partial charge in [-0.25, -0.2) is 0 Å². The maximum absolute atomic E-state index is 14.3. The fraction of sp³-hybridized carbons (Fsp3) is 0.429. The number of hydrogen-bond donors (Lipinski definition) is 6. The minimum absolute atomic E-state index is 0.00710. The number of aliphatic hydroxyl groups excluding tert-OH is 2. The molecule has 0 radical (unpaired) electrons. The molecule has 0 heterocycles. The number of aliphatic hydroxyl groups is 3. The van der Waals surface area contributed by atoms with Gasteiger partial charge in [-0.1, -0.05) is 12.1 Å². The predicted octanol–water partition coefficient (Wildman–Crippen LogP) is 1.38. The van der Waals surface area contributed by atoms with Gasteiger partial charge in [-0.05, 0) is 89.2 Å². The molecule has 1 saturated carbocycles. The molecular weight excluding hydrogens is 618 g/mol. The molecule has 7 N–H and O–H groups in total. The number of Topliss-reactive ketones (excluding diaryl/α,β-unsaturated/α-hetero) is 2. The zero-order valence-corrected chi connectivity index (χ0v) is 28.0. The summed E-state index contributed by atoms with van der Waals surface area (Å²) in [6.45, 7) is 1.29. The van der Waals surface area contributed by atoms with Crippen molar-refractivity contribution >= 4 is 34.8 Å². The number of ketones is 2. The SMILES string of the molecule is CN(C)CCCNC(=O)c1cccc(-c2cc(N(C)C)c3c(c2O)C(O)=C2C(=O)[C@]4(O)C(O)=C(C(N)=O)C(=O)[C@@H](N(C)C)C4CC2C3)c1. The predicted molar refractivity (Wildman–Crippen MR) is 180 cm³/mol. The normalized spacial score (nSPS) is 23.6. The van der Waals surface area contributed by atoms with Crippen LogP contribution in [-0.4, -0.2) is 121 Å². The third-order valence-electron chi connectivity index (χ3n) is 9.68. The van der Waals surface area contributed by atoms with Gasteiger partial charge in [0.2, 0.25) is 5.78 Å². The van der Waals surface area contributed by atoms with Crippen molar-refractivity contribution in [3.63, 3.8) is 0 Å². The summed E-state index contributed by atoms with van der Waals surface area (Å²) in [7, 11) is 10.6. The molecule has 13 heteroatoms. The zero-order valence-electron chi connectivity index (χ0n) is 28.0. The Kier molecular flexibility index (Phi) is 9.17. The molecule has 48 heavy (non-hydrogen) atoms. The Bertz CT molecular complexity index is 1780. The third kappa shape index (κ3) is 5.51. The van der Waals surface area contributed by atoms with Crippen LogP contribution in [-0.2, 0) is 20.8 Å². The second-order valence-electron chi connectivity index (χ2n) is 13.5. The van der Waals surface area contributed by atoms with Gasteiger partial charge < -0.3 is 41.3 Å². The van der Waals surface area contributed by atoms with Crippen LogP contribution in [0.2, 0.25) is 0 Å². The van der Waals surface area contributed by atoms with E-state index < -0.39 is 58.0 Å². The Morgan fingerprint density at radius 3 is 2.33 bits per heavy atom. The molecule has 0 aromatic heterocycles. The molecule has 4 atom stereocenters. The number of nitrogens with zero attached hydrogens (tertiary/aromatic N) is 3. The van der Waals surface area contributed by atoms with Crippen LogP contribution in [0.1, 0.15) is 34.3 Å². The highest BCUT2D eigenvalue weighted by atomic mass is 16.3. The van der Waals surface area contributed by atoms with Crippen LogP contribution in [0.5, 0.6) is 5.75 Å². The molecule has 0 saturated heterocycles. The molecule has 13 nitrogen and oxygen atoms in total. The van der Waals surface area contributed by atoms with E-state index in [2.05, 4.69) is 5.32 Å². The zero-order chi connectivity index (χ0) is 35.4. The van der Waals surface area contributed by atoms with Crippen molar-refractivity contribution in [3.8, 4) is 16.9 Å². The first-order chi connectivity index (χ1) is 22.5. The summed E-state index contributed by atoms with van der Waals surface area (Å²) in [6, 6.07) is 7.28. The van der Waals surface area contributed by atoms with E-state index in [9.17, 15) is 39.6 Å². The van der Waals surface area contributed by atoms with E-state index in [1.807, 2.05) is 23.9 Å². The molecule has 1 fully saturated rings. The summed E-state index contributed by atoms with van der Waals surface area (Å²) >= 11 is 0. The summed E-state index contributed by atoms with van der Waals surface area (Å²) < 4.78 is 0. The Labute approximate surface area is 278 Å². The number of amides is 2. The largest absolute Gasteiger partial charge is 0.508 e. The van der Waals surface area contributed by atoms with Gasteiger partial charge in [-0.2, -0.15) is 0 Å². The lowest BCUT2D eigenvalue weighted by molar-refractivity contribution is -0.153. The lowest BCUT2D eigenvalue weighted by Gasteiger charge is -2.50. The summed E-state index contributed by atoms with van der Waals surface area (Å²) in [5.41, 5.74) is 3.91. The van der Waals surface area contributed by atoms with Gasteiger partial charge in [-0.15, -0.1) is 0 Å². The number of hydrogen-bond acceptors (Lipinski definition) is 11. The first-order valence-electron chi connectivity index (χ1n) is 15.8. The number of carbonyl (C=O) groups is 4. The maximum atomic E-state index is 14.3. The minimum atomic E-state index is -2.73. The number of primary amides is 1. The van der Waals surface area contributed by atoms with Crippen molar-refractivity contribution in [2.45, 2.75) is 30.9 Å². The minimum Gasteiger partial charge on any atom is -0.508 e. The number of aromatic hydroxyl groups is 1. The van der Waals surface area contributed by atoms with E-state index in [0.29, 0.717) is 34.5 Å². The molecule has 256 valence electrons.